The minimum atomic E-state index is 0. The van der Waals surface area contributed by atoms with Gasteiger partial charge in [-0.2, -0.15) is 0 Å². The van der Waals surface area contributed by atoms with Gasteiger partial charge in [0, 0.05) is 13.0 Å². The van der Waals surface area contributed by atoms with Gasteiger partial charge in [0.1, 0.15) is 0 Å². The summed E-state index contributed by atoms with van der Waals surface area (Å²) >= 11 is 0. The summed E-state index contributed by atoms with van der Waals surface area (Å²) in [5.74, 6) is 0.667. The van der Waals surface area contributed by atoms with Crippen LogP contribution in [0.15, 0.2) is 0 Å². The van der Waals surface area contributed by atoms with Crippen LogP contribution in [0.3, 0.4) is 0 Å². The predicted octanol–water partition coefficient (Wildman–Crippen LogP) is 2.45. The number of hydrogen-bond donors (Lipinski definition) is 1. The van der Waals surface area contributed by atoms with Crippen molar-refractivity contribution < 1.29 is 4.79 Å². The maximum absolute atomic E-state index is 11.4. The quantitative estimate of drug-likeness (QED) is 0.715. The number of nitrogens with one attached hydrogen (secondary N) is 1. The van der Waals surface area contributed by atoms with E-state index in [1.165, 1.54) is 38.9 Å². The van der Waals surface area contributed by atoms with Crippen LogP contribution in [0, 0.1) is 5.92 Å². The van der Waals surface area contributed by atoms with Gasteiger partial charge in [-0.3, -0.25) is 4.79 Å². The molecule has 1 saturated heterocycles. The molecule has 102 valence electrons. The largest absolute Gasteiger partial charge is 0.356 e. The fourth-order valence-electron chi connectivity index (χ4n) is 2.14. The third-order valence-corrected chi connectivity index (χ3v) is 3.02. The van der Waals surface area contributed by atoms with Crippen molar-refractivity contribution in [3.63, 3.8) is 0 Å². The van der Waals surface area contributed by atoms with Crippen LogP contribution in [0.1, 0.15) is 46.0 Å². The summed E-state index contributed by atoms with van der Waals surface area (Å²) in [7, 11) is 0. The maximum Gasteiger partial charge on any atom is 0.220 e. The van der Waals surface area contributed by atoms with E-state index in [0.29, 0.717) is 12.3 Å². The van der Waals surface area contributed by atoms with E-state index >= 15 is 0 Å². The molecule has 4 heteroatoms. The molecule has 17 heavy (non-hydrogen) atoms. The van der Waals surface area contributed by atoms with Gasteiger partial charge in [0.25, 0.3) is 0 Å². The summed E-state index contributed by atoms with van der Waals surface area (Å²) in [6.07, 6.45) is 5.71. The molecule has 0 unspecified atom stereocenters. The van der Waals surface area contributed by atoms with Crippen molar-refractivity contribution in [2.45, 2.75) is 46.0 Å². The van der Waals surface area contributed by atoms with Crippen molar-refractivity contribution >= 4 is 18.3 Å². The molecule has 1 N–H and O–H groups in total. The van der Waals surface area contributed by atoms with Gasteiger partial charge in [0.05, 0.1) is 0 Å². The molecule has 1 heterocycles. The molecular weight excluding hydrogens is 236 g/mol. The number of unbranched alkanes of at least 4 members (excludes halogenated alkanes) is 1. The smallest absolute Gasteiger partial charge is 0.220 e. The lowest BCUT2D eigenvalue weighted by Crippen LogP contribution is -2.26. The number of hydrogen-bond acceptors (Lipinski definition) is 2. The average Bonchev–Trinajstić information content (AvgIpc) is 2.68. The second kappa shape index (κ2) is 9.72. The zero-order valence-corrected chi connectivity index (χ0v) is 12.0. The molecule has 0 aromatic carbocycles. The molecule has 0 radical (unpaired) electrons. The van der Waals surface area contributed by atoms with Gasteiger partial charge in [-0.15, -0.1) is 12.4 Å². The first kappa shape index (κ1) is 16.7. The van der Waals surface area contributed by atoms with E-state index in [4.69, 9.17) is 0 Å². The molecule has 0 aromatic rings. The molecule has 0 aromatic heterocycles. The predicted molar refractivity (Wildman–Crippen MR) is 74.6 cm³/mol. The van der Waals surface area contributed by atoms with Crippen molar-refractivity contribution in [2.24, 2.45) is 5.92 Å². The van der Waals surface area contributed by atoms with E-state index in [0.717, 1.165) is 13.0 Å². The van der Waals surface area contributed by atoms with E-state index in [1.807, 2.05) is 0 Å². The summed E-state index contributed by atoms with van der Waals surface area (Å²) in [6.45, 7) is 8.76. The molecule has 0 atom stereocenters. The van der Waals surface area contributed by atoms with Crippen LogP contribution in [-0.2, 0) is 4.79 Å². The van der Waals surface area contributed by atoms with Crippen LogP contribution in [0.4, 0.5) is 0 Å². The third kappa shape index (κ3) is 8.44. The van der Waals surface area contributed by atoms with E-state index in [1.54, 1.807) is 0 Å². The summed E-state index contributed by atoms with van der Waals surface area (Å²) in [5.41, 5.74) is 0. The van der Waals surface area contributed by atoms with Gasteiger partial charge < -0.3 is 10.2 Å². The van der Waals surface area contributed by atoms with Crippen LogP contribution >= 0.6 is 12.4 Å². The minimum absolute atomic E-state index is 0. The van der Waals surface area contributed by atoms with Crippen LogP contribution in [0.2, 0.25) is 0 Å². The first-order chi connectivity index (χ1) is 7.68. The van der Waals surface area contributed by atoms with Crippen LogP contribution in [-0.4, -0.2) is 37.0 Å². The first-order valence-electron chi connectivity index (χ1n) is 6.67. The topological polar surface area (TPSA) is 32.3 Å². The third-order valence-electron chi connectivity index (χ3n) is 3.02. The summed E-state index contributed by atoms with van der Waals surface area (Å²) < 4.78 is 0. The number of carbonyl (C=O) groups excluding carboxylic acids is 1. The van der Waals surface area contributed by atoms with Gasteiger partial charge in [-0.25, -0.2) is 0 Å². The van der Waals surface area contributed by atoms with Crippen molar-refractivity contribution in [1.29, 1.82) is 0 Å². The molecule has 0 bridgehead atoms. The van der Waals surface area contributed by atoms with Crippen molar-refractivity contribution in [3.8, 4) is 0 Å². The zero-order chi connectivity index (χ0) is 11.8. The Bertz CT molecular complexity index is 204. The maximum atomic E-state index is 11.4. The number of carbonyl (C=O) groups is 1. The molecule has 1 fully saturated rings. The normalized spacial score (nSPS) is 15.9. The Kier molecular flexibility index (Phi) is 9.56. The van der Waals surface area contributed by atoms with Crippen molar-refractivity contribution in [2.75, 3.05) is 26.2 Å². The highest BCUT2D eigenvalue weighted by Crippen LogP contribution is 2.07. The standard InChI is InChI=1S/C13H26N2O.ClH/c1-12(2)11-13(16)14-7-3-4-8-15-9-5-6-10-15;/h12H,3-11H2,1-2H3,(H,14,16);1H. The van der Waals surface area contributed by atoms with Gasteiger partial charge in [0.2, 0.25) is 5.91 Å². The van der Waals surface area contributed by atoms with Crippen LogP contribution in [0.5, 0.6) is 0 Å². The Morgan fingerprint density at radius 1 is 1.24 bits per heavy atom. The lowest BCUT2D eigenvalue weighted by molar-refractivity contribution is -0.121. The Balaban J connectivity index is 0.00000256. The minimum Gasteiger partial charge on any atom is -0.356 e. The molecule has 0 spiro atoms. The number of likely N-dealkylation sites (tertiary alicyclic amines) is 1. The van der Waals surface area contributed by atoms with E-state index in [-0.39, 0.29) is 18.3 Å². The Morgan fingerprint density at radius 2 is 1.88 bits per heavy atom. The average molecular weight is 263 g/mol. The molecule has 1 rings (SSSR count). The zero-order valence-electron chi connectivity index (χ0n) is 11.2. The Morgan fingerprint density at radius 3 is 2.47 bits per heavy atom. The number of nitrogens with zero attached hydrogens (tertiary/aromatic N) is 1. The van der Waals surface area contributed by atoms with Crippen molar-refractivity contribution in [3.05, 3.63) is 0 Å². The van der Waals surface area contributed by atoms with E-state index in [2.05, 4.69) is 24.1 Å². The molecule has 3 nitrogen and oxygen atoms in total. The second-order valence-corrected chi connectivity index (χ2v) is 5.20. The fourth-order valence-corrected chi connectivity index (χ4v) is 2.14. The Hall–Kier alpha value is -0.280. The van der Waals surface area contributed by atoms with Gasteiger partial charge in [0.15, 0.2) is 0 Å². The second-order valence-electron chi connectivity index (χ2n) is 5.20. The fraction of sp³-hybridized carbons (Fsp3) is 0.923. The molecular formula is C13H27ClN2O. The molecule has 1 aliphatic rings. The first-order valence-corrected chi connectivity index (χ1v) is 6.67. The lowest BCUT2D eigenvalue weighted by Gasteiger charge is -2.14. The molecule has 0 saturated carbocycles. The number of amides is 1. The van der Waals surface area contributed by atoms with Gasteiger partial charge in [-0.05, 0) is 51.2 Å². The summed E-state index contributed by atoms with van der Waals surface area (Å²) in [4.78, 5) is 13.9. The molecule has 1 amide bonds. The monoisotopic (exact) mass is 262 g/mol. The highest BCUT2D eigenvalue weighted by Gasteiger charge is 2.10. The van der Waals surface area contributed by atoms with Gasteiger partial charge in [-0.1, -0.05) is 13.8 Å². The van der Waals surface area contributed by atoms with Crippen LogP contribution in [0.25, 0.3) is 0 Å². The highest BCUT2D eigenvalue weighted by atomic mass is 35.5. The number of rotatable bonds is 7. The SMILES string of the molecule is CC(C)CC(=O)NCCCCN1CCCC1.Cl. The molecule has 1 aliphatic heterocycles. The van der Waals surface area contributed by atoms with Crippen molar-refractivity contribution in [1.82, 2.24) is 10.2 Å². The lowest BCUT2D eigenvalue weighted by atomic mass is 10.1. The van der Waals surface area contributed by atoms with Crippen LogP contribution < -0.4 is 5.32 Å². The summed E-state index contributed by atoms with van der Waals surface area (Å²) in [6, 6.07) is 0. The van der Waals surface area contributed by atoms with E-state index < -0.39 is 0 Å². The molecule has 0 aliphatic carbocycles. The van der Waals surface area contributed by atoms with E-state index in [9.17, 15) is 4.79 Å². The Labute approximate surface area is 112 Å². The number of halogens is 1. The van der Waals surface area contributed by atoms with Gasteiger partial charge >= 0.3 is 0 Å². The summed E-state index contributed by atoms with van der Waals surface area (Å²) in [5, 5.41) is 2.98. The highest BCUT2D eigenvalue weighted by molar-refractivity contribution is 5.85.